The second-order valence-electron chi connectivity index (χ2n) is 6.05. The van der Waals surface area contributed by atoms with Crippen molar-refractivity contribution in [2.45, 2.75) is 44.4 Å². The number of fused-ring (bicyclic) bond motifs is 1. The Balaban J connectivity index is 1.74. The summed E-state index contributed by atoms with van der Waals surface area (Å²) in [5.41, 5.74) is 2.50. The van der Waals surface area contributed by atoms with E-state index >= 15 is 0 Å². The summed E-state index contributed by atoms with van der Waals surface area (Å²) in [6.07, 6.45) is 7.00. The molecule has 0 aliphatic heterocycles. The first kappa shape index (κ1) is 14.5. The van der Waals surface area contributed by atoms with Gasteiger partial charge in [-0.2, -0.15) is 0 Å². The van der Waals surface area contributed by atoms with E-state index in [1.54, 1.807) is 0 Å². The van der Waals surface area contributed by atoms with E-state index in [1.807, 2.05) is 12.1 Å². The molecule has 0 radical (unpaired) electrons. The third-order valence-corrected chi connectivity index (χ3v) is 4.69. The molecule has 1 amide bonds. The molecule has 1 aliphatic carbocycles. The molecule has 0 saturated heterocycles. The Morgan fingerprint density at radius 3 is 2.95 bits per heavy atom. The molecule has 4 heteroatoms. The van der Waals surface area contributed by atoms with E-state index in [4.69, 9.17) is 11.6 Å². The molecule has 0 bridgehead atoms. The lowest BCUT2D eigenvalue weighted by molar-refractivity contribution is -0.121. The normalized spacial score (nSPS) is 16.1. The summed E-state index contributed by atoms with van der Waals surface area (Å²) < 4.78 is 0. The van der Waals surface area contributed by atoms with E-state index < -0.39 is 0 Å². The third-order valence-electron chi connectivity index (χ3n) is 4.45. The van der Waals surface area contributed by atoms with Crippen molar-refractivity contribution in [3.63, 3.8) is 0 Å². The van der Waals surface area contributed by atoms with Crippen molar-refractivity contribution in [1.29, 1.82) is 0 Å². The third kappa shape index (κ3) is 2.93. The molecule has 3 rings (SSSR count). The highest BCUT2D eigenvalue weighted by Gasteiger charge is 2.45. The number of amides is 1. The summed E-state index contributed by atoms with van der Waals surface area (Å²) >= 11 is 6.03. The van der Waals surface area contributed by atoms with Crippen LogP contribution in [0.1, 0.15) is 44.6 Å². The fraction of sp³-hybridized carbons (Fsp3) is 0.471. The summed E-state index contributed by atoms with van der Waals surface area (Å²) in [4.78, 5) is 15.1. The van der Waals surface area contributed by atoms with Crippen molar-refractivity contribution in [3.8, 4) is 0 Å². The lowest BCUT2D eigenvalue weighted by Crippen LogP contribution is -2.31. The van der Waals surface area contributed by atoms with E-state index in [9.17, 15) is 4.79 Å². The molecular weight excluding hydrogens is 284 g/mol. The quantitative estimate of drug-likeness (QED) is 0.827. The molecule has 1 fully saturated rings. The number of hydrogen-bond donors (Lipinski definition) is 2. The number of nitrogens with one attached hydrogen (secondary N) is 2. The zero-order valence-electron chi connectivity index (χ0n) is 12.3. The van der Waals surface area contributed by atoms with Gasteiger partial charge in [0.05, 0.1) is 0 Å². The maximum Gasteiger partial charge on any atom is 0.220 e. The van der Waals surface area contributed by atoms with E-state index in [-0.39, 0.29) is 11.3 Å². The molecule has 0 atom stereocenters. The zero-order valence-corrected chi connectivity index (χ0v) is 13.1. The molecule has 3 nitrogen and oxygen atoms in total. The predicted octanol–water partition coefficient (Wildman–Crippen LogP) is 4.16. The number of H-pyrrole nitrogens is 1. The molecule has 1 aliphatic rings. The fourth-order valence-electron chi connectivity index (χ4n) is 2.92. The van der Waals surface area contributed by atoms with Gasteiger partial charge in [0.25, 0.3) is 0 Å². The number of hydrogen-bond acceptors (Lipinski definition) is 1. The van der Waals surface area contributed by atoms with Gasteiger partial charge in [-0.3, -0.25) is 4.79 Å². The Bertz CT molecular complexity index is 658. The minimum absolute atomic E-state index is 0.119. The lowest BCUT2D eigenvalue weighted by Gasteiger charge is -2.15. The number of carbonyl (C=O) groups is 1. The SMILES string of the molecule is CCCCC(=O)NCC1(c2c[nH]c3cc(Cl)ccc23)CC1. The first-order chi connectivity index (χ1) is 10.1. The van der Waals surface area contributed by atoms with Gasteiger partial charge in [-0.25, -0.2) is 0 Å². The molecule has 2 N–H and O–H groups in total. The summed E-state index contributed by atoms with van der Waals surface area (Å²) in [6, 6.07) is 5.95. The van der Waals surface area contributed by atoms with Crippen molar-refractivity contribution >= 4 is 28.4 Å². The molecule has 1 heterocycles. The molecule has 1 saturated carbocycles. The number of unbranched alkanes of at least 4 members (excludes halogenated alkanes) is 1. The van der Waals surface area contributed by atoms with E-state index in [0.717, 1.165) is 42.8 Å². The maximum atomic E-state index is 11.8. The van der Waals surface area contributed by atoms with E-state index in [1.165, 1.54) is 10.9 Å². The highest BCUT2D eigenvalue weighted by Crippen LogP contribution is 2.50. The Morgan fingerprint density at radius 2 is 2.24 bits per heavy atom. The highest BCUT2D eigenvalue weighted by atomic mass is 35.5. The van der Waals surface area contributed by atoms with Crippen LogP contribution in [0.5, 0.6) is 0 Å². The fourth-order valence-corrected chi connectivity index (χ4v) is 3.10. The summed E-state index contributed by atoms with van der Waals surface area (Å²) in [7, 11) is 0. The summed E-state index contributed by atoms with van der Waals surface area (Å²) in [6.45, 7) is 2.85. The van der Waals surface area contributed by atoms with Crippen LogP contribution in [0.4, 0.5) is 0 Å². The minimum atomic E-state index is 0.119. The van der Waals surface area contributed by atoms with E-state index in [0.29, 0.717) is 6.42 Å². The Morgan fingerprint density at radius 1 is 1.43 bits per heavy atom. The predicted molar refractivity (Wildman–Crippen MR) is 86.8 cm³/mol. The molecular formula is C17H21ClN2O. The first-order valence-electron chi connectivity index (χ1n) is 7.68. The van der Waals surface area contributed by atoms with Crippen LogP contribution in [-0.4, -0.2) is 17.4 Å². The Kier molecular flexibility index (Phi) is 3.94. The van der Waals surface area contributed by atoms with Crippen LogP contribution >= 0.6 is 11.6 Å². The average Bonchev–Trinajstić information content (AvgIpc) is 3.15. The van der Waals surface area contributed by atoms with E-state index in [2.05, 4.69) is 29.5 Å². The Hall–Kier alpha value is -1.48. The van der Waals surface area contributed by atoms with Crippen molar-refractivity contribution in [2.24, 2.45) is 0 Å². The van der Waals surface area contributed by atoms with Crippen LogP contribution in [0.15, 0.2) is 24.4 Å². The van der Waals surface area contributed by atoms with Gasteiger partial charge >= 0.3 is 0 Å². The zero-order chi connectivity index (χ0) is 14.9. The lowest BCUT2D eigenvalue weighted by atomic mass is 9.95. The average molecular weight is 305 g/mol. The number of rotatable bonds is 6. The molecule has 1 aromatic carbocycles. The topological polar surface area (TPSA) is 44.9 Å². The second kappa shape index (κ2) is 5.72. The molecule has 21 heavy (non-hydrogen) atoms. The van der Waals surface area contributed by atoms with Gasteiger partial charge in [0.15, 0.2) is 0 Å². The van der Waals surface area contributed by atoms with Crippen LogP contribution in [0.25, 0.3) is 10.9 Å². The van der Waals surface area contributed by atoms with Crippen LogP contribution in [0, 0.1) is 0 Å². The van der Waals surface area contributed by atoms with Crippen molar-refractivity contribution in [3.05, 3.63) is 35.0 Å². The number of halogens is 1. The summed E-state index contributed by atoms with van der Waals surface area (Å²) in [5.74, 6) is 0.172. The van der Waals surface area contributed by atoms with Crippen molar-refractivity contribution < 1.29 is 4.79 Å². The molecule has 112 valence electrons. The monoisotopic (exact) mass is 304 g/mol. The van der Waals surface area contributed by atoms with Gasteiger partial charge < -0.3 is 10.3 Å². The molecule has 0 unspecified atom stereocenters. The van der Waals surface area contributed by atoms with Gasteiger partial charge in [0.2, 0.25) is 5.91 Å². The van der Waals surface area contributed by atoms with Gasteiger partial charge in [0.1, 0.15) is 0 Å². The number of carbonyl (C=O) groups excluding carboxylic acids is 1. The number of benzene rings is 1. The highest BCUT2D eigenvalue weighted by molar-refractivity contribution is 6.31. The van der Waals surface area contributed by atoms with Crippen LogP contribution in [0.2, 0.25) is 5.02 Å². The standard InChI is InChI=1S/C17H21ClN2O/c1-2-3-4-16(21)20-11-17(7-8-17)14-10-19-15-9-12(18)5-6-13(14)15/h5-6,9-10,19H,2-4,7-8,11H2,1H3,(H,20,21). The summed E-state index contributed by atoms with van der Waals surface area (Å²) in [5, 5.41) is 5.07. The van der Waals surface area contributed by atoms with Crippen LogP contribution < -0.4 is 5.32 Å². The molecule has 1 aromatic heterocycles. The maximum absolute atomic E-state index is 11.8. The molecule has 0 spiro atoms. The van der Waals surface area contributed by atoms with Gasteiger partial charge in [-0.15, -0.1) is 0 Å². The second-order valence-corrected chi connectivity index (χ2v) is 6.49. The van der Waals surface area contributed by atoms with Gasteiger partial charge in [0, 0.05) is 40.5 Å². The van der Waals surface area contributed by atoms with Crippen LogP contribution in [-0.2, 0) is 10.2 Å². The van der Waals surface area contributed by atoms with Crippen LogP contribution in [0.3, 0.4) is 0 Å². The van der Waals surface area contributed by atoms with Crippen molar-refractivity contribution in [1.82, 2.24) is 10.3 Å². The van der Waals surface area contributed by atoms with Gasteiger partial charge in [-0.05, 0) is 37.0 Å². The smallest absolute Gasteiger partial charge is 0.220 e. The van der Waals surface area contributed by atoms with Crippen molar-refractivity contribution in [2.75, 3.05) is 6.54 Å². The largest absolute Gasteiger partial charge is 0.361 e. The number of aromatic amines is 1. The molecule has 2 aromatic rings. The number of aromatic nitrogens is 1. The Labute approximate surface area is 130 Å². The minimum Gasteiger partial charge on any atom is -0.361 e. The van der Waals surface area contributed by atoms with Gasteiger partial charge in [-0.1, -0.05) is 31.0 Å². The first-order valence-corrected chi connectivity index (χ1v) is 8.06.